The number of aliphatic hydroxyl groups excluding tert-OH is 2. The smallest absolute Gasteiger partial charge is 0.254 e. The van der Waals surface area contributed by atoms with Gasteiger partial charge in [0.05, 0.1) is 18.2 Å². The lowest BCUT2D eigenvalue weighted by molar-refractivity contribution is -0.254. The van der Waals surface area contributed by atoms with Gasteiger partial charge in [-0.25, -0.2) is 0 Å². The Hall–Kier alpha value is -4.49. The minimum atomic E-state index is -1.35. The van der Waals surface area contributed by atoms with Crippen LogP contribution in [0.1, 0.15) is 80.1 Å². The van der Waals surface area contributed by atoms with E-state index in [-0.39, 0.29) is 50.3 Å². The van der Waals surface area contributed by atoms with Crippen molar-refractivity contribution in [3.8, 4) is 28.7 Å². The van der Waals surface area contributed by atoms with Gasteiger partial charge in [0.15, 0.2) is 11.5 Å². The van der Waals surface area contributed by atoms with Crippen LogP contribution in [-0.2, 0) is 9.57 Å². The molecule has 1 amide bonds. The van der Waals surface area contributed by atoms with E-state index in [4.69, 9.17) is 33.7 Å². The third-order valence-corrected chi connectivity index (χ3v) is 12.6. The van der Waals surface area contributed by atoms with Gasteiger partial charge in [-0.05, 0) is 116 Å². The van der Waals surface area contributed by atoms with Crippen LogP contribution in [0.4, 0.5) is 0 Å². The molecule has 1 saturated carbocycles. The van der Waals surface area contributed by atoms with Crippen LogP contribution in [0, 0.1) is 17.8 Å². The second-order valence-corrected chi connectivity index (χ2v) is 16.2. The van der Waals surface area contributed by atoms with Crippen LogP contribution in [0.25, 0.3) is 0 Å². The summed E-state index contributed by atoms with van der Waals surface area (Å²) in [6.07, 6.45) is 11.9. The molecule has 2 heterocycles. The molecule has 11 nitrogen and oxygen atoms in total. The Kier molecular flexibility index (Phi) is 13.7. The number of fused-ring (bicyclic) bond motifs is 3. The molecule has 0 aromatic heterocycles. The molecule has 2 aliphatic carbocycles. The fourth-order valence-electron chi connectivity index (χ4n) is 9.44. The average molecular weight is 813 g/mol. The van der Waals surface area contributed by atoms with Crippen molar-refractivity contribution >= 4 is 23.4 Å². The molecule has 58 heavy (non-hydrogen) atoms. The van der Waals surface area contributed by atoms with E-state index < -0.39 is 17.7 Å². The second-order valence-electron chi connectivity index (χ2n) is 15.3. The Bertz CT molecular complexity index is 1970. The van der Waals surface area contributed by atoms with E-state index in [2.05, 4.69) is 25.6 Å². The van der Waals surface area contributed by atoms with Crippen molar-refractivity contribution in [3.05, 3.63) is 96.1 Å². The largest absolute Gasteiger partial charge is 0.459 e. The van der Waals surface area contributed by atoms with Crippen molar-refractivity contribution in [1.29, 1.82) is 0 Å². The summed E-state index contributed by atoms with van der Waals surface area (Å²) in [6, 6.07) is 18.7. The highest BCUT2D eigenvalue weighted by atomic mass is 32.2. The van der Waals surface area contributed by atoms with Crippen LogP contribution >= 0.6 is 11.8 Å². The lowest BCUT2D eigenvalue weighted by atomic mass is 9.55. The Morgan fingerprint density at radius 2 is 1.72 bits per heavy atom. The molecule has 0 radical (unpaired) electrons. The molecule has 6 atom stereocenters. The molecule has 2 N–H and O–H groups in total. The zero-order valence-electron chi connectivity index (χ0n) is 33.8. The maximum atomic E-state index is 14.9. The molecular formula is C46H56N2O9S. The van der Waals surface area contributed by atoms with Crippen molar-refractivity contribution in [3.63, 3.8) is 0 Å². The topological polar surface area (TPSA) is 129 Å². The van der Waals surface area contributed by atoms with Crippen molar-refractivity contribution in [1.82, 2.24) is 4.90 Å². The van der Waals surface area contributed by atoms with E-state index in [1.165, 1.54) is 0 Å². The molecule has 0 bridgehead atoms. The summed E-state index contributed by atoms with van der Waals surface area (Å²) in [7, 11) is 1.55. The fraction of sp³-hybridized carbons (Fsp3) is 0.478. The van der Waals surface area contributed by atoms with Crippen LogP contribution in [0.2, 0.25) is 0 Å². The van der Waals surface area contributed by atoms with E-state index in [1.807, 2.05) is 47.6 Å². The number of carbonyl (C=O) groups is 1. The minimum Gasteiger partial charge on any atom is -0.459 e. The van der Waals surface area contributed by atoms with Gasteiger partial charge in [0.1, 0.15) is 30.4 Å². The highest BCUT2D eigenvalue weighted by molar-refractivity contribution is 7.98. The molecular weight excluding hydrogens is 757 g/mol. The van der Waals surface area contributed by atoms with E-state index in [0.29, 0.717) is 60.8 Å². The molecule has 1 fully saturated rings. The first-order valence-electron chi connectivity index (χ1n) is 20.5. The summed E-state index contributed by atoms with van der Waals surface area (Å²) >= 11 is 1.68. The van der Waals surface area contributed by atoms with Gasteiger partial charge in [0, 0.05) is 48.1 Å². The number of nitrogens with zero attached hydrogens (tertiary/aromatic N) is 2. The van der Waals surface area contributed by atoms with E-state index in [0.717, 1.165) is 53.2 Å². The Morgan fingerprint density at radius 1 is 0.983 bits per heavy atom. The molecule has 2 aliphatic heterocycles. The Labute approximate surface area is 346 Å². The molecule has 310 valence electrons. The van der Waals surface area contributed by atoms with Crippen molar-refractivity contribution < 1.29 is 43.5 Å². The molecule has 12 heteroatoms. The van der Waals surface area contributed by atoms with Crippen molar-refractivity contribution in [2.45, 2.75) is 80.9 Å². The van der Waals surface area contributed by atoms with Gasteiger partial charge < -0.3 is 43.6 Å². The normalized spacial score (nSPS) is 24.6. The minimum absolute atomic E-state index is 0.0937. The number of allylic oxidation sites excluding steroid dienone is 1. The lowest BCUT2D eigenvalue weighted by Gasteiger charge is -2.60. The predicted octanol–water partition coefficient (Wildman–Crippen LogP) is 8.75. The van der Waals surface area contributed by atoms with Gasteiger partial charge >= 0.3 is 0 Å². The van der Waals surface area contributed by atoms with Gasteiger partial charge in [0.2, 0.25) is 12.6 Å². The summed E-state index contributed by atoms with van der Waals surface area (Å²) in [5.41, 5.74) is 3.19. The highest BCUT2D eigenvalue weighted by Crippen LogP contribution is 2.62. The Morgan fingerprint density at radius 3 is 2.45 bits per heavy atom. The van der Waals surface area contributed by atoms with Gasteiger partial charge in [-0.2, -0.15) is 0 Å². The average Bonchev–Trinajstić information content (AvgIpc) is 3.72. The first-order valence-corrected chi connectivity index (χ1v) is 21.8. The molecule has 3 aromatic carbocycles. The molecule has 7 rings (SSSR count). The van der Waals surface area contributed by atoms with Gasteiger partial charge in [-0.15, -0.1) is 18.3 Å². The number of oxime groups is 1. The molecule has 0 saturated heterocycles. The second kappa shape index (κ2) is 19.1. The number of amides is 1. The standard InChI is InChI=1S/C46H56N2O9S/c1-5-21-48(45(51)31-13-19-40-41(26-31)54-29-53-40)42-28-38(47-52-3)36-25-30(11-7-9-22-49)35(12-8-10-23-50)43-37-27-33(56-32-14-17-34(58-4)18-15-32)16-20-39(37)57-46(42,44(36)43)55-24-6-2/h6,13-20,25-27,30,35,42-44,49-50H,2,5,7-12,21-24,28-29H2,1,3-4H3/t30-,35+,42-,43+,44+,46+/m0/s1. The summed E-state index contributed by atoms with van der Waals surface area (Å²) in [5, 5.41) is 24.5. The number of ether oxygens (including phenoxy) is 5. The number of rotatable bonds is 19. The van der Waals surface area contributed by atoms with E-state index in [1.54, 1.807) is 43.1 Å². The van der Waals surface area contributed by atoms with Crippen LogP contribution in [0.3, 0.4) is 0 Å². The highest BCUT2D eigenvalue weighted by Gasteiger charge is 2.65. The zero-order chi connectivity index (χ0) is 40.6. The third-order valence-electron chi connectivity index (χ3n) is 11.9. The number of carbonyl (C=O) groups excluding carboxylic acids is 1. The first-order chi connectivity index (χ1) is 28.4. The number of thioether (sulfide) groups is 1. The summed E-state index contributed by atoms with van der Waals surface area (Å²) in [4.78, 5) is 23.6. The number of hydrogen-bond acceptors (Lipinski definition) is 11. The molecule has 4 aliphatic rings. The summed E-state index contributed by atoms with van der Waals surface area (Å²) < 4.78 is 32.2. The molecule has 3 aromatic rings. The maximum absolute atomic E-state index is 14.9. The van der Waals surface area contributed by atoms with Crippen LogP contribution in [0.15, 0.2) is 95.0 Å². The van der Waals surface area contributed by atoms with Gasteiger partial charge in [0.25, 0.3) is 5.91 Å². The fourth-order valence-corrected chi connectivity index (χ4v) is 9.85. The van der Waals surface area contributed by atoms with Crippen molar-refractivity contribution in [2.75, 3.05) is 46.5 Å². The monoisotopic (exact) mass is 812 g/mol. The van der Waals surface area contributed by atoms with Crippen molar-refractivity contribution in [2.24, 2.45) is 22.9 Å². The maximum Gasteiger partial charge on any atom is 0.254 e. The van der Waals surface area contributed by atoms with Gasteiger partial charge in [-0.1, -0.05) is 37.1 Å². The Balaban J connectivity index is 1.42. The van der Waals surface area contributed by atoms with Crippen LogP contribution in [0.5, 0.6) is 28.7 Å². The van der Waals surface area contributed by atoms with Crippen LogP contribution < -0.4 is 18.9 Å². The molecule has 0 spiro atoms. The zero-order valence-corrected chi connectivity index (χ0v) is 34.6. The number of benzene rings is 3. The van der Waals surface area contributed by atoms with Crippen LogP contribution in [-0.4, -0.2) is 85.1 Å². The summed E-state index contributed by atoms with van der Waals surface area (Å²) in [5.74, 6) is 1.31. The third kappa shape index (κ3) is 8.34. The van der Waals surface area contributed by atoms with E-state index >= 15 is 0 Å². The predicted molar refractivity (Wildman–Crippen MR) is 224 cm³/mol. The lowest BCUT2D eigenvalue weighted by Crippen LogP contribution is -2.70. The first kappa shape index (κ1) is 41.7. The molecule has 0 unspecified atom stereocenters. The van der Waals surface area contributed by atoms with Gasteiger partial charge in [-0.3, -0.25) is 4.79 Å². The number of aliphatic hydroxyl groups is 2. The summed E-state index contributed by atoms with van der Waals surface area (Å²) in [6.45, 7) is 7.04. The number of hydrogen-bond donors (Lipinski definition) is 2. The quantitative estimate of drug-likeness (QED) is 0.0525. The van der Waals surface area contributed by atoms with E-state index in [9.17, 15) is 15.0 Å². The number of unbranched alkanes of at least 4 members (excludes halogenated alkanes) is 2. The SMILES string of the molecule is C=CCO[C@@]12Oc3ccc(Oc4ccc(SC)cc4)cc3[C@H]3[C@H](CCCCO)[C@@H](CCCCO)C=C(C(=NOC)C[C@@H]1N(CCC)C(=O)c1ccc4c(c1)OCO4)[C@H]32.